The van der Waals surface area contributed by atoms with Crippen molar-refractivity contribution in [3.05, 3.63) is 47.1 Å². The van der Waals surface area contributed by atoms with E-state index < -0.39 is 6.10 Å². The summed E-state index contributed by atoms with van der Waals surface area (Å²) in [5.74, 6) is -0.216. The Hall–Kier alpha value is -1.27. The van der Waals surface area contributed by atoms with Gasteiger partial charge in [0.15, 0.2) is 0 Å². The third kappa shape index (κ3) is 5.21. The number of rotatable bonds is 8. The second-order valence-corrected chi connectivity index (χ2v) is 6.02. The maximum Gasteiger partial charge on any atom is 0.123 e. The Bertz CT molecular complexity index is 541. The maximum atomic E-state index is 12.9. The van der Waals surface area contributed by atoms with Crippen LogP contribution in [0.4, 0.5) is 4.39 Å². The van der Waals surface area contributed by atoms with Gasteiger partial charge < -0.3 is 15.2 Å². The molecule has 5 heteroatoms. The molecular formula is C16H20FNO2S. The number of thiophene rings is 1. The Balaban J connectivity index is 1.79. The minimum atomic E-state index is -0.416. The first kappa shape index (κ1) is 16.1. The van der Waals surface area contributed by atoms with Crippen LogP contribution < -0.4 is 5.32 Å². The van der Waals surface area contributed by atoms with Gasteiger partial charge in [-0.3, -0.25) is 0 Å². The van der Waals surface area contributed by atoms with Crippen molar-refractivity contribution >= 4 is 11.3 Å². The lowest BCUT2D eigenvalue weighted by Gasteiger charge is -2.09. The molecule has 1 aromatic heterocycles. The molecule has 0 radical (unpaired) electrons. The first-order valence-corrected chi connectivity index (χ1v) is 7.73. The van der Waals surface area contributed by atoms with E-state index in [0.29, 0.717) is 13.0 Å². The van der Waals surface area contributed by atoms with Crippen molar-refractivity contribution in [2.24, 2.45) is 0 Å². The van der Waals surface area contributed by atoms with Crippen molar-refractivity contribution in [3.63, 3.8) is 0 Å². The molecule has 2 N–H and O–H groups in total. The fourth-order valence-electron chi connectivity index (χ4n) is 2.00. The van der Waals surface area contributed by atoms with Gasteiger partial charge in [-0.2, -0.15) is 0 Å². The number of nitrogens with one attached hydrogen (secondary N) is 1. The van der Waals surface area contributed by atoms with E-state index in [-0.39, 0.29) is 5.82 Å². The highest BCUT2D eigenvalue weighted by Gasteiger charge is 2.05. The predicted octanol–water partition coefficient (Wildman–Crippen LogP) is 3.04. The highest BCUT2D eigenvalue weighted by atomic mass is 32.1. The minimum absolute atomic E-state index is 0.216. The normalized spacial score (nSPS) is 12.5. The maximum absolute atomic E-state index is 12.9. The van der Waals surface area contributed by atoms with Crippen molar-refractivity contribution in [1.82, 2.24) is 5.32 Å². The van der Waals surface area contributed by atoms with Crippen LogP contribution in [-0.4, -0.2) is 31.5 Å². The van der Waals surface area contributed by atoms with Crippen LogP contribution in [0.15, 0.2) is 36.4 Å². The monoisotopic (exact) mass is 309 g/mol. The van der Waals surface area contributed by atoms with Gasteiger partial charge in [-0.25, -0.2) is 4.39 Å². The van der Waals surface area contributed by atoms with Crippen LogP contribution in [0.3, 0.4) is 0 Å². The largest absolute Gasteiger partial charge is 0.391 e. The van der Waals surface area contributed by atoms with E-state index in [0.717, 1.165) is 23.5 Å². The Morgan fingerprint density at radius 1 is 1.24 bits per heavy atom. The van der Waals surface area contributed by atoms with Crippen LogP contribution in [-0.2, 0) is 11.3 Å². The number of aliphatic hydroxyl groups excluding tert-OH is 1. The molecule has 1 heterocycles. The van der Waals surface area contributed by atoms with Gasteiger partial charge >= 0.3 is 0 Å². The second kappa shape index (κ2) is 8.24. The third-order valence-electron chi connectivity index (χ3n) is 3.10. The number of hydrogen-bond acceptors (Lipinski definition) is 4. The molecule has 0 aliphatic heterocycles. The lowest BCUT2D eigenvalue weighted by Crippen LogP contribution is -2.22. The summed E-state index contributed by atoms with van der Waals surface area (Å²) in [6.45, 7) is 1.88. The number of ether oxygens (including phenoxy) is 1. The first-order valence-electron chi connectivity index (χ1n) is 6.91. The molecule has 1 atom stereocenters. The second-order valence-electron chi connectivity index (χ2n) is 4.85. The van der Waals surface area contributed by atoms with Crippen LogP contribution in [0.25, 0.3) is 10.4 Å². The van der Waals surface area contributed by atoms with Gasteiger partial charge in [0.1, 0.15) is 5.82 Å². The van der Waals surface area contributed by atoms with E-state index in [1.54, 1.807) is 30.6 Å². The van der Waals surface area contributed by atoms with Gasteiger partial charge in [0, 0.05) is 23.4 Å². The molecule has 3 nitrogen and oxygen atoms in total. The van der Waals surface area contributed by atoms with Crippen LogP contribution in [0.2, 0.25) is 0 Å². The van der Waals surface area contributed by atoms with Crippen LogP contribution in [0, 0.1) is 5.82 Å². The Morgan fingerprint density at radius 2 is 2.00 bits per heavy atom. The molecule has 0 bridgehead atoms. The molecule has 0 spiro atoms. The van der Waals surface area contributed by atoms with E-state index in [9.17, 15) is 9.50 Å². The van der Waals surface area contributed by atoms with Gasteiger partial charge in [0.2, 0.25) is 0 Å². The SMILES string of the molecule is COCC(O)CCNCc1ccc(-c2ccc(F)cc2)s1. The van der Waals surface area contributed by atoms with Crippen LogP contribution in [0.1, 0.15) is 11.3 Å². The summed E-state index contributed by atoms with van der Waals surface area (Å²) >= 11 is 1.69. The number of halogens is 1. The summed E-state index contributed by atoms with van der Waals surface area (Å²) in [5, 5.41) is 12.8. The first-order chi connectivity index (χ1) is 10.2. The summed E-state index contributed by atoms with van der Waals surface area (Å²) in [7, 11) is 1.58. The summed E-state index contributed by atoms with van der Waals surface area (Å²) in [4.78, 5) is 2.35. The Morgan fingerprint density at radius 3 is 2.71 bits per heavy atom. The number of methoxy groups -OCH3 is 1. The summed E-state index contributed by atoms with van der Waals surface area (Å²) in [5.41, 5.74) is 1.03. The average molecular weight is 309 g/mol. The molecule has 0 aliphatic carbocycles. The van der Waals surface area contributed by atoms with Crippen molar-refractivity contribution in [2.45, 2.75) is 19.1 Å². The van der Waals surface area contributed by atoms with E-state index in [1.807, 2.05) is 0 Å². The quantitative estimate of drug-likeness (QED) is 0.737. The minimum Gasteiger partial charge on any atom is -0.391 e. The summed E-state index contributed by atoms with van der Waals surface area (Å²) in [6, 6.07) is 10.7. The summed E-state index contributed by atoms with van der Waals surface area (Å²) in [6.07, 6.45) is 0.255. The summed E-state index contributed by atoms with van der Waals surface area (Å²) < 4.78 is 17.8. The molecule has 0 fully saturated rings. The lowest BCUT2D eigenvalue weighted by atomic mass is 10.2. The number of benzene rings is 1. The van der Waals surface area contributed by atoms with Gasteiger partial charge in [0.05, 0.1) is 12.7 Å². The molecule has 114 valence electrons. The predicted molar refractivity (Wildman–Crippen MR) is 83.9 cm³/mol. The molecule has 2 aromatic rings. The standard InChI is InChI=1S/C16H20FNO2S/c1-20-11-14(19)8-9-18-10-15-6-7-16(21-15)12-2-4-13(17)5-3-12/h2-7,14,18-19H,8-11H2,1H3. The molecule has 1 unspecified atom stereocenters. The topological polar surface area (TPSA) is 41.5 Å². The van der Waals surface area contributed by atoms with E-state index >= 15 is 0 Å². The highest BCUT2D eigenvalue weighted by Crippen LogP contribution is 2.28. The van der Waals surface area contributed by atoms with E-state index in [4.69, 9.17) is 4.74 Å². The van der Waals surface area contributed by atoms with Gasteiger partial charge in [-0.15, -0.1) is 11.3 Å². The Kier molecular flexibility index (Phi) is 6.32. The van der Waals surface area contributed by atoms with Crippen molar-refractivity contribution in [1.29, 1.82) is 0 Å². The van der Waals surface area contributed by atoms with Gasteiger partial charge in [-0.05, 0) is 42.8 Å². The zero-order valence-corrected chi connectivity index (χ0v) is 12.8. The lowest BCUT2D eigenvalue weighted by molar-refractivity contribution is 0.0594. The molecule has 0 amide bonds. The van der Waals surface area contributed by atoms with E-state index in [2.05, 4.69) is 17.4 Å². The molecular weight excluding hydrogens is 289 g/mol. The zero-order valence-electron chi connectivity index (χ0n) is 12.0. The smallest absolute Gasteiger partial charge is 0.123 e. The average Bonchev–Trinajstić information content (AvgIpc) is 2.93. The molecule has 0 saturated heterocycles. The fourth-order valence-corrected chi connectivity index (χ4v) is 2.98. The van der Waals surface area contributed by atoms with Crippen molar-refractivity contribution in [2.75, 3.05) is 20.3 Å². The van der Waals surface area contributed by atoms with E-state index in [1.165, 1.54) is 17.0 Å². The molecule has 1 aromatic carbocycles. The Labute approximate surface area is 128 Å². The number of hydrogen-bond donors (Lipinski definition) is 2. The van der Waals surface area contributed by atoms with Gasteiger partial charge in [0.25, 0.3) is 0 Å². The molecule has 0 saturated carbocycles. The molecule has 2 rings (SSSR count). The van der Waals surface area contributed by atoms with Crippen molar-refractivity contribution < 1.29 is 14.2 Å². The van der Waals surface area contributed by atoms with Crippen molar-refractivity contribution in [3.8, 4) is 10.4 Å². The number of aliphatic hydroxyl groups is 1. The van der Waals surface area contributed by atoms with Crippen LogP contribution in [0.5, 0.6) is 0 Å². The molecule has 0 aliphatic rings. The zero-order chi connectivity index (χ0) is 15.1. The third-order valence-corrected chi connectivity index (χ3v) is 4.24. The fraction of sp³-hybridized carbons (Fsp3) is 0.375. The van der Waals surface area contributed by atoms with Crippen LogP contribution >= 0.6 is 11.3 Å². The van der Waals surface area contributed by atoms with Gasteiger partial charge in [-0.1, -0.05) is 12.1 Å². The highest BCUT2D eigenvalue weighted by molar-refractivity contribution is 7.15. The molecule has 21 heavy (non-hydrogen) atoms.